The Balaban J connectivity index is 1.65. The molecule has 0 aromatic carbocycles. The summed E-state index contributed by atoms with van der Waals surface area (Å²) >= 11 is 0. The number of fused-ring (bicyclic) bond motifs is 3. The van der Waals surface area contributed by atoms with Crippen LogP contribution in [0.15, 0.2) is 12.2 Å². The molecule has 1 aliphatic carbocycles. The van der Waals surface area contributed by atoms with Crippen molar-refractivity contribution in [2.75, 3.05) is 13.2 Å². The fraction of sp³-hybridized carbons (Fsp3) is 0.765. The van der Waals surface area contributed by atoms with Gasteiger partial charge in [0.05, 0.1) is 18.1 Å². The summed E-state index contributed by atoms with van der Waals surface area (Å²) in [7, 11) is -6.25. The third-order valence-electron chi connectivity index (χ3n) is 4.93. The molecule has 3 fully saturated rings. The van der Waals surface area contributed by atoms with Crippen molar-refractivity contribution in [2.45, 2.75) is 61.9 Å². The average molecular weight is 462 g/mol. The van der Waals surface area contributed by atoms with Crippen LogP contribution in [-0.4, -0.2) is 61.5 Å². The van der Waals surface area contributed by atoms with E-state index in [9.17, 15) is 35.6 Å². The van der Waals surface area contributed by atoms with Gasteiger partial charge in [-0.3, -0.25) is 9.35 Å². The second kappa shape index (κ2) is 9.18. The second-order valence-corrected chi connectivity index (χ2v) is 8.70. The van der Waals surface area contributed by atoms with E-state index >= 15 is 0 Å². The SMILES string of the molecule is C=C(COCCCCC(F)(F)C(F)(F)S(=O)(=O)O)C(=O)OC1CC2CCC1OC2=O. The highest BCUT2D eigenvalue weighted by atomic mass is 32.2. The number of halogens is 4. The minimum Gasteiger partial charge on any atom is -0.458 e. The standard InChI is InChI=1S/C17H22F4O8S/c1-10(14(22)29-13-8-11-4-5-12(13)28-15(11)23)9-27-7-3-2-6-16(18,19)17(20,21)30(24,25)26/h11-13H,1-9H2,(H,24,25,26). The average Bonchev–Trinajstić information content (AvgIpc) is 2.64. The first kappa shape index (κ1) is 24.5. The summed E-state index contributed by atoms with van der Waals surface area (Å²) in [4.78, 5) is 23.5. The molecule has 0 aromatic heterocycles. The maximum absolute atomic E-state index is 13.3. The number of unbranched alkanes of at least 4 members (excludes halogenated alkanes) is 1. The van der Waals surface area contributed by atoms with Crippen LogP contribution in [0.4, 0.5) is 17.6 Å². The number of carbonyl (C=O) groups is 2. The van der Waals surface area contributed by atoms with Gasteiger partial charge in [-0.15, -0.1) is 0 Å². The Hall–Kier alpha value is -1.73. The molecule has 1 saturated carbocycles. The zero-order valence-electron chi connectivity index (χ0n) is 15.8. The van der Waals surface area contributed by atoms with Crippen molar-refractivity contribution >= 4 is 22.1 Å². The van der Waals surface area contributed by atoms with Crippen LogP contribution < -0.4 is 0 Å². The van der Waals surface area contributed by atoms with Gasteiger partial charge in [0.15, 0.2) is 0 Å². The lowest BCUT2D eigenvalue weighted by Gasteiger charge is -2.40. The minimum absolute atomic E-state index is 0.0639. The normalized spacial score (nSPS) is 24.4. The summed E-state index contributed by atoms with van der Waals surface area (Å²) in [5.74, 6) is -6.32. The van der Waals surface area contributed by atoms with E-state index < -0.39 is 52.3 Å². The van der Waals surface area contributed by atoms with Crippen LogP contribution in [0, 0.1) is 5.92 Å². The Kier molecular flexibility index (Phi) is 7.51. The molecule has 3 unspecified atom stereocenters. The molecule has 2 heterocycles. The molecule has 1 N–H and O–H groups in total. The van der Waals surface area contributed by atoms with Crippen molar-refractivity contribution in [3.8, 4) is 0 Å². The number of esters is 2. The molecule has 13 heteroatoms. The van der Waals surface area contributed by atoms with Crippen LogP contribution in [0.1, 0.15) is 38.5 Å². The summed E-state index contributed by atoms with van der Waals surface area (Å²) in [6, 6.07) is 0. The number of alkyl halides is 4. The first-order valence-electron chi connectivity index (χ1n) is 9.16. The van der Waals surface area contributed by atoms with E-state index in [1.807, 2.05) is 0 Å². The quantitative estimate of drug-likeness (QED) is 0.164. The fourth-order valence-corrected chi connectivity index (χ4v) is 3.66. The molecule has 3 aliphatic rings. The Morgan fingerprint density at radius 3 is 2.43 bits per heavy atom. The predicted molar refractivity (Wildman–Crippen MR) is 92.4 cm³/mol. The Bertz CT molecular complexity index is 783. The third kappa shape index (κ3) is 5.49. The summed E-state index contributed by atoms with van der Waals surface area (Å²) in [5.41, 5.74) is -0.0639. The van der Waals surface area contributed by atoms with Gasteiger partial charge < -0.3 is 14.2 Å². The van der Waals surface area contributed by atoms with Gasteiger partial charge in [-0.1, -0.05) is 6.58 Å². The van der Waals surface area contributed by atoms with E-state index in [1.54, 1.807) is 0 Å². The van der Waals surface area contributed by atoms with E-state index in [-0.39, 0.29) is 37.1 Å². The van der Waals surface area contributed by atoms with Crippen LogP contribution >= 0.6 is 0 Å². The van der Waals surface area contributed by atoms with Crippen LogP contribution in [0.25, 0.3) is 0 Å². The highest BCUT2D eigenvalue weighted by Crippen LogP contribution is 2.41. The lowest BCUT2D eigenvalue weighted by Crippen LogP contribution is -2.48. The van der Waals surface area contributed by atoms with Gasteiger partial charge in [-0.05, 0) is 25.7 Å². The molecule has 172 valence electrons. The molecule has 8 nitrogen and oxygen atoms in total. The Morgan fingerprint density at radius 2 is 1.90 bits per heavy atom. The summed E-state index contributed by atoms with van der Waals surface area (Å²) < 4.78 is 97.2. The molecule has 2 aliphatic heterocycles. The van der Waals surface area contributed by atoms with Crippen molar-refractivity contribution in [2.24, 2.45) is 5.92 Å². The van der Waals surface area contributed by atoms with Gasteiger partial charge >= 0.3 is 33.2 Å². The van der Waals surface area contributed by atoms with E-state index in [0.29, 0.717) is 19.3 Å². The van der Waals surface area contributed by atoms with Crippen LogP contribution in [0.2, 0.25) is 0 Å². The zero-order chi connectivity index (χ0) is 22.7. The smallest absolute Gasteiger partial charge is 0.431 e. The van der Waals surface area contributed by atoms with Gasteiger partial charge in [0.25, 0.3) is 0 Å². The molecule has 2 bridgehead atoms. The van der Waals surface area contributed by atoms with E-state index in [2.05, 4.69) is 6.58 Å². The van der Waals surface area contributed by atoms with Crippen LogP contribution in [-0.2, 0) is 33.9 Å². The topological polar surface area (TPSA) is 116 Å². The molecular weight excluding hydrogens is 440 g/mol. The number of hydrogen-bond acceptors (Lipinski definition) is 7. The summed E-state index contributed by atoms with van der Waals surface area (Å²) in [6.07, 6.45) is -1.58. The second-order valence-electron chi connectivity index (χ2n) is 7.24. The maximum atomic E-state index is 13.3. The minimum atomic E-state index is -6.25. The molecular formula is C17H22F4O8S. The van der Waals surface area contributed by atoms with Gasteiger partial charge in [0.1, 0.15) is 12.2 Å². The Labute approximate surface area is 170 Å². The molecule has 0 spiro atoms. The number of hydrogen-bond donors (Lipinski definition) is 1. The lowest BCUT2D eigenvalue weighted by atomic mass is 9.82. The highest BCUT2D eigenvalue weighted by molar-refractivity contribution is 7.87. The molecule has 3 rings (SSSR count). The molecule has 30 heavy (non-hydrogen) atoms. The van der Waals surface area contributed by atoms with Crippen molar-refractivity contribution in [1.29, 1.82) is 0 Å². The lowest BCUT2D eigenvalue weighted by molar-refractivity contribution is -0.192. The maximum Gasteiger partial charge on any atom is 0.431 e. The summed E-state index contributed by atoms with van der Waals surface area (Å²) in [5, 5.41) is -5.59. The third-order valence-corrected chi connectivity index (χ3v) is 5.88. The Morgan fingerprint density at radius 1 is 1.23 bits per heavy atom. The van der Waals surface area contributed by atoms with Gasteiger partial charge in [0, 0.05) is 19.4 Å². The monoisotopic (exact) mass is 462 g/mol. The molecule has 0 aromatic rings. The zero-order valence-corrected chi connectivity index (χ0v) is 16.6. The summed E-state index contributed by atoms with van der Waals surface area (Å²) in [6.45, 7) is 3.01. The number of rotatable bonds is 11. The number of ether oxygens (including phenoxy) is 3. The number of carbonyl (C=O) groups excluding carboxylic acids is 2. The molecule has 0 radical (unpaired) electrons. The molecule has 3 atom stereocenters. The highest BCUT2D eigenvalue weighted by Gasteiger charge is 2.64. The van der Waals surface area contributed by atoms with Crippen LogP contribution in [0.3, 0.4) is 0 Å². The largest absolute Gasteiger partial charge is 0.458 e. The van der Waals surface area contributed by atoms with Crippen molar-refractivity contribution < 1.29 is 54.3 Å². The van der Waals surface area contributed by atoms with Crippen molar-refractivity contribution in [3.05, 3.63) is 12.2 Å². The first-order chi connectivity index (χ1) is 13.8. The van der Waals surface area contributed by atoms with Gasteiger partial charge in [-0.2, -0.15) is 26.0 Å². The van der Waals surface area contributed by atoms with E-state index in [0.717, 1.165) is 0 Å². The van der Waals surface area contributed by atoms with Crippen molar-refractivity contribution in [1.82, 2.24) is 0 Å². The van der Waals surface area contributed by atoms with Gasteiger partial charge in [0.2, 0.25) is 0 Å². The molecule has 0 amide bonds. The fourth-order valence-electron chi connectivity index (χ4n) is 3.18. The first-order valence-corrected chi connectivity index (χ1v) is 10.6. The molecule has 2 saturated heterocycles. The van der Waals surface area contributed by atoms with Gasteiger partial charge in [-0.25, -0.2) is 4.79 Å². The van der Waals surface area contributed by atoms with Crippen molar-refractivity contribution in [3.63, 3.8) is 0 Å². The predicted octanol–water partition coefficient (Wildman–Crippen LogP) is 2.48. The van der Waals surface area contributed by atoms with E-state index in [4.69, 9.17) is 18.8 Å². The van der Waals surface area contributed by atoms with E-state index in [1.165, 1.54) is 0 Å². The van der Waals surface area contributed by atoms with Crippen LogP contribution in [0.5, 0.6) is 0 Å².